The molecule has 1 heterocycles. The molecule has 0 atom stereocenters. The van der Waals surface area contributed by atoms with Crippen LogP contribution in [0.25, 0.3) is 0 Å². The molecular weight excluding hydrogens is 268 g/mol. The number of rotatable bonds is 4. The highest BCUT2D eigenvalue weighted by Gasteiger charge is 2.30. The lowest BCUT2D eigenvalue weighted by molar-refractivity contribution is 0.332. The molecule has 96 valence electrons. The van der Waals surface area contributed by atoms with Crippen molar-refractivity contribution in [2.45, 2.75) is 49.8 Å². The molecular formula is C12H20N2S3. The van der Waals surface area contributed by atoms with Crippen molar-refractivity contribution in [2.24, 2.45) is 5.41 Å². The highest BCUT2D eigenvalue weighted by atomic mass is 32.2. The second kappa shape index (κ2) is 6.43. The van der Waals surface area contributed by atoms with E-state index in [9.17, 15) is 0 Å². The molecule has 5 heteroatoms. The molecule has 0 N–H and O–H groups in total. The molecule has 0 aliphatic heterocycles. The fourth-order valence-electron chi connectivity index (χ4n) is 2.38. The predicted octanol–water partition coefficient (Wildman–Crippen LogP) is 4.21. The van der Waals surface area contributed by atoms with Gasteiger partial charge in [0.25, 0.3) is 0 Å². The molecule has 2 rings (SSSR count). The summed E-state index contributed by atoms with van der Waals surface area (Å²) in [6.07, 6.45) is 8.21. The first-order valence-corrected chi connectivity index (χ1v) is 8.67. The van der Waals surface area contributed by atoms with Gasteiger partial charge in [-0.2, -0.15) is 17.0 Å². The maximum absolute atomic E-state index is 4.60. The summed E-state index contributed by atoms with van der Waals surface area (Å²) in [6, 6.07) is 0. The Morgan fingerprint density at radius 3 is 2.53 bits per heavy atom. The Kier molecular flexibility index (Phi) is 5.18. The third kappa shape index (κ3) is 3.86. The van der Waals surface area contributed by atoms with Crippen LogP contribution < -0.4 is 0 Å². The molecule has 0 saturated heterocycles. The fourth-order valence-corrected chi connectivity index (χ4v) is 4.90. The predicted molar refractivity (Wildman–Crippen MR) is 79.4 cm³/mol. The number of hydrogen-bond donors (Lipinski definition) is 1. The summed E-state index contributed by atoms with van der Waals surface area (Å²) in [7, 11) is 0. The molecule has 1 saturated carbocycles. The van der Waals surface area contributed by atoms with Crippen LogP contribution in [0.3, 0.4) is 0 Å². The van der Waals surface area contributed by atoms with E-state index in [0.29, 0.717) is 5.41 Å². The first-order chi connectivity index (χ1) is 8.24. The molecule has 17 heavy (non-hydrogen) atoms. The van der Waals surface area contributed by atoms with Gasteiger partial charge in [0, 0.05) is 5.75 Å². The standard InChI is InChI=1S/C12H20N2S3/c1-10-13-11(17-14-10)16-9-12(8-15)6-4-2-3-5-7-12/h15H,2-9H2,1H3. The minimum absolute atomic E-state index is 0.434. The summed E-state index contributed by atoms with van der Waals surface area (Å²) in [5, 5.41) is 0. The lowest BCUT2D eigenvalue weighted by Gasteiger charge is -2.30. The molecule has 0 radical (unpaired) electrons. The topological polar surface area (TPSA) is 25.8 Å². The monoisotopic (exact) mass is 288 g/mol. The summed E-state index contributed by atoms with van der Waals surface area (Å²) >= 11 is 8.01. The van der Waals surface area contributed by atoms with E-state index in [2.05, 4.69) is 22.0 Å². The zero-order chi connectivity index (χ0) is 12.1. The van der Waals surface area contributed by atoms with Gasteiger partial charge >= 0.3 is 0 Å². The largest absolute Gasteiger partial charge is 0.213 e. The second-order valence-corrected chi connectivity index (χ2v) is 7.26. The third-order valence-corrected chi connectivity index (χ3v) is 6.46. The SMILES string of the molecule is Cc1nsc(SCC2(CS)CCCCCC2)n1. The lowest BCUT2D eigenvalue weighted by Crippen LogP contribution is -2.25. The van der Waals surface area contributed by atoms with Gasteiger partial charge in [-0.3, -0.25) is 0 Å². The smallest absolute Gasteiger partial charge is 0.170 e. The van der Waals surface area contributed by atoms with E-state index in [4.69, 9.17) is 0 Å². The van der Waals surface area contributed by atoms with Crippen molar-refractivity contribution < 1.29 is 0 Å². The zero-order valence-corrected chi connectivity index (χ0v) is 12.8. The van der Waals surface area contributed by atoms with Gasteiger partial charge in [-0.1, -0.05) is 37.4 Å². The van der Waals surface area contributed by atoms with E-state index in [-0.39, 0.29) is 0 Å². The maximum Gasteiger partial charge on any atom is 0.170 e. The van der Waals surface area contributed by atoms with E-state index in [1.165, 1.54) is 50.1 Å². The quantitative estimate of drug-likeness (QED) is 0.510. The highest BCUT2D eigenvalue weighted by Crippen LogP contribution is 2.40. The molecule has 0 bridgehead atoms. The third-order valence-electron chi connectivity index (χ3n) is 3.51. The van der Waals surface area contributed by atoms with Gasteiger partial charge in [0.2, 0.25) is 0 Å². The summed E-state index contributed by atoms with van der Waals surface area (Å²) < 4.78 is 5.36. The van der Waals surface area contributed by atoms with Gasteiger partial charge in [-0.15, -0.1) is 0 Å². The van der Waals surface area contributed by atoms with Crippen LogP contribution in [0.15, 0.2) is 4.34 Å². The maximum atomic E-state index is 4.60. The number of hydrogen-bond acceptors (Lipinski definition) is 5. The molecule has 2 nitrogen and oxygen atoms in total. The van der Waals surface area contributed by atoms with E-state index >= 15 is 0 Å². The summed E-state index contributed by atoms with van der Waals surface area (Å²) in [5.41, 5.74) is 0.434. The summed E-state index contributed by atoms with van der Waals surface area (Å²) in [6.45, 7) is 1.96. The van der Waals surface area contributed by atoms with E-state index < -0.39 is 0 Å². The van der Waals surface area contributed by atoms with Crippen LogP contribution in [0.1, 0.15) is 44.3 Å². The van der Waals surface area contributed by atoms with Gasteiger partial charge in [-0.05, 0) is 42.5 Å². The van der Waals surface area contributed by atoms with Crippen molar-refractivity contribution in [3.63, 3.8) is 0 Å². The van der Waals surface area contributed by atoms with Crippen LogP contribution in [0.4, 0.5) is 0 Å². The van der Waals surface area contributed by atoms with Gasteiger partial charge in [-0.25, -0.2) is 4.98 Å². The number of aromatic nitrogens is 2. The molecule has 0 unspecified atom stereocenters. The van der Waals surface area contributed by atoms with Crippen LogP contribution in [0.5, 0.6) is 0 Å². The minimum atomic E-state index is 0.434. The molecule has 0 amide bonds. The molecule has 0 spiro atoms. The molecule has 1 aromatic rings. The Morgan fingerprint density at radius 1 is 1.29 bits per heavy atom. The van der Waals surface area contributed by atoms with Crippen LogP contribution in [-0.2, 0) is 0 Å². The minimum Gasteiger partial charge on any atom is -0.213 e. The lowest BCUT2D eigenvalue weighted by atomic mass is 9.84. The van der Waals surface area contributed by atoms with E-state index in [1.807, 2.05) is 18.7 Å². The normalized spacial score (nSPS) is 20.1. The molecule has 0 aromatic carbocycles. The van der Waals surface area contributed by atoms with Gasteiger partial charge in [0.1, 0.15) is 5.82 Å². The van der Waals surface area contributed by atoms with Crippen molar-refractivity contribution in [3.05, 3.63) is 5.82 Å². The van der Waals surface area contributed by atoms with Gasteiger partial charge in [0.15, 0.2) is 4.34 Å². The Labute approximate surface area is 118 Å². The highest BCUT2D eigenvalue weighted by molar-refractivity contribution is 8.01. The average Bonchev–Trinajstić information content (AvgIpc) is 2.63. The number of thioether (sulfide) groups is 1. The number of aryl methyl sites for hydroxylation is 1. The van der Waals surface area contributed by atoms with Crippen molar-refractivity contribution in [1.82, 2.24) is 9.36 Å². The van der Waals surface area contributed by atoms with Crippen molar-refractivity contribution in [3.8, 4) is 0 Å². The van der Waals surface area contributed by atoms with Crippen LogP contribution in [-0.4, -0.2) is 20.9 Å². The van der Waals surface area contributed by atoms with Crippen LogP contribution in [0, 0.1) is 12.3 Å². The van der Waals surface area contributed by atoms with Crippen molar-refractivity contribution in [1.29, 1.82) is 0 Å². The van der Waals surface area contributed by atoms with Crippen molar-refractivity contribution in [2.75, 3.05) is 11.5 Å². The Hall–Kier alpha value is 0.260. The number of nitrogens with zero attached hydrogens (tertiary/aromatic N) is 2. The first-order valence-electron chi connectivity index (χ1n) is 6.28. The first kappa shape index (κ1) is 13.7. The average molecular weight is 289 g/mol. The molecule has 1 fully saturated rings. The molecule has 1 aliphatic rings. The van der Waals surface area contributed by atoms with E-state index in [1.54, 1.807) is 0 Å². The summed E-state index contributed by atoms with van der Waals surface area (Å²) in [5.74, 6) is 3.07. The number of thiol groups is 1. The fraction of sp³-hybridized carbons (Fsp3) is 0.833. The van der Waals surface area contributed by atoms with Gasteiger partial charge in [0.05, 0.1) is 0 Å². The van der Waals surface area contributed by atoms with Crippen LogP contribution >= 0.6 is 35.9 Å². The van der Waals surface area contributed by atoms with Crippen LogP contribution in [0.2, 0.25) is 0 Å². The van der Waals surface area contributed by atoms with Gasteiger partial charge < -0.3 is 0 Å². The summed E-state index contributed by atoms with van der Waals surface area (Å²) in [4.78, 5) is 4.43. The second-order valence-electron chi connectivity index (χ2n) is 4.97. The Bertz CT molecular complexity index is 343. The molecule has 1 aromatic heterocycles. The Morgan fingerprint density at radius 2 is 2.00 bits per heavy atom. The molecule has 1 aliphatic carbocycles. The zero-order valence-electron chi connectivity index (χ0n) is 10.3. The van der Waals surface area contributed by atoms with Crippen molar-refractivity contribution >= 4 is 35.9 Å². The van der Waals surface area contributed by atoms with E-state index in [0.717, 1.165) is 21.7 Å². The Balaban J connectivity index is 1.93.